The molecule has 0 unspecified atom stereocenters. The Labute approximate surface area is 71.4 Å². The van der Waals surface area contributed by atoms with E-state index in [0.717, 1.165) is 5.56 Å². The highest BCUT2D eigenvalue weighted by Gasteiger charge is 2.01. The highest BCUT2D eigenvalue weighted by Crippen LogP contribution is 2.06. The molecule has 0 heterocycles. The summed E-state index contributed by atoms with van der Waals surface area (Å²) in [5.41, 5.74) is 12.6. The van der Waals surface area contributed by atoms with E-state index in [9.17, 15) is 4.79 Å². The average molecular weight is 163 g/mol. The molecule has 1 atom stereocenters. The van der Waals surface area contributed by atoms with E-state index in [1.54, 1.807) is 18.4 Å². The van der Waals surface area contributed by atoms with Gasteiger partial charge in [0.1, 0.15) is 0 Å². The molecule has 0 aliphatic heterocycles. The standard InChI is InChI=1S/C9H11N2O/c10-8-3-1-7(2-4-8)5-9(11)6-12/h1-4,9H,5,10-11H2/t9-/m0/s1. The largest absolute Gasteiger partial charge is 0.399 e. The molecule has 0 spiro atoms. The van der Waals surface area contributed by atoms with Crippen molar-refractivity contribution in [3.8, 4) is 0 Å². The summed E-state index contributed by atoms with van der Waals surface area (Å²) >= 11 is 0. The Morgan fingerprint density at radius 1 is 1.33 bits per heavy atom. The van der Waals surface area contributed by atoms with E-state index in [-0.39, 0.29) is 0 Å². The van der Waals surface area contributed by atoms with Gasteiger partial charge in [-0.2, -0.15) is 0 Å². The molecule has 0 saturated heterocycles. The van der Waals surface area contributed by atoms with Crippen LogP contribution < -0.4 is 11.5 Å². The molecule has 1 radical (unpaired) electrons. The number of nitrogen functional groups attached to an aromatic ring is 1. The van der Waals surface area contributed by atoms with Crippen molar-refractivity contribution in [2.45, 2.75) is 12.5 Å². The highest BCUT2D eigenvalue weighted by molar-refractivity contribution is 5.58. The Morgan fingerprint density at radius 2 is 1.92 bits per heavy atom. The van der Waals surface area contributed by atoms with Gasteiger partial charge in [-0.3, -0.25) is 4.79 Å². The summed E-state index contributed by atoms with van der Waals surface area (Å²) in [6.07, 6.45) is 2.24. The van der Waals surface area contributed by atoms with Crippen molar-refractivity contribution in [2.75, 3.05) is 5.73 Å². The number of carbonyl (C=O) groups excluding carboxylic acids is 1. The minimum Gasteiger partial charge on any atom is -0.399 e. The van der Waals surface area contributed by atoms with Crippen LogP contribution in [0.2, 0.25) is 0 Å². The molecule has 63 valence electrons. The van der Waals surface area contributed by atoms with E-state index in [1.807, 2.05) is 12.1 Å². The fourth-order valence-corrected chi connectivity index (χ4v) is 0.949. The molecular weight excluding hydrogens is 152 g/mol. The van der Waals surface area contributed by atoms with Crippen molar-refractivity contribution < 1.29 is 4.79 Å². The summed E-state index contributed by atoms with van der Waals surface area (Å²) in [4.78, 5) is 10.1. The summed E-state index contributed by atoms with van der Waals surface area (Å²) < 4.78 is 0. The van der Waals surface area contributed by atoms with Gasteiger partial charge in [0.2, 0.25) is 6.29 Å². The summed E-state index contributed by atoms with van der Waals surface area (Å²) in [7, 11) is 0. The molecule has 4 N–H and O–H groups in total. The Morgan fingerprint density at radius 3 is 2.42 bits per heavy atom. The molecular formula is C9H11N2O. The lowest BCUT2D eigenvalue weighted by atomic mass is 10.1. The van der Waals surface area contributed by atoms with Gasteiger partial charge in [0.15, 0.2) is 0 Å². The van der Waals surface area contributed by atoms with Gasteiger partial charge in [0.05, 0.1) is 6.04 Å². The minimum atomic E-state index is -0.534. The first kappa shape index (κ1) is 8.74. The highest BCUT2D eigenvalue weighted by atomic mass is 16.1. The van der Waals surface area contributed by atoms with Crippen LogP contribution in [0, 0.1) is 0 Å². The third kappa shape index (κ3) is 2.36. The second kappa shape index (κ2) is 3.88. The van der Waals surface area contributed by atoms with E-state index in [4.69, 9.17) is 11.5 Å². The second-order valence-corrected chi connectivity index (χ2v) is 2.67. The van der Waals surface area contributed by atoms with Crippen molar-refractivity contribution >= 4 is 12.0 Å². The molecule has 3 heteroatoms. The molecule has 0 aliphatic rings. The van der Waals surface area contributed by atoms with Crippen molar-refractivity contribution in [3.05, 3.63) is 29.8 Å². The maximum absolute atomic E-state index is 10.1. The van der Waals surface area contributed by atoms with Crippen molar-refractivity contribution in [2.24, 2.45) is 5.73 Å². The SMILES string of the molecule is Nc1ccc(C[C@H](N)[C]=O)cc1. The first-order chi connectivity index (χ1) is 5.72. The van der Waals surface area contributed by atoms with Crippen LogP contribution >= 0.6 is 0 Å². The lowest BCUT2D eigenvalue weighted by Gasteiger charge is -2.02. The van der Waals surface area contributed by atoms with Crippen molar-refractivity contribution in [1.29, 1.82) is 0 Å². The predicted molar refractivity (Wildman–Crippen MR) is 48.2 cm³/mol. The fraction of sp³-hybridized carbons (Fsp3) is 0.222. The lowest BCUT2D eigenvalue weighted by Crippen LogP contribution is -2.23. The lowest BCUT2D eigenvalue weighted by molar-refractivity contribution is 0.541. The molecule has 0 fully saturated rings. The van der Waals surface area contributed by atoms with Crippen molar-refractivity contribution in [3.63, 3.8) is 0 Å². The number of hydrogen-bond acceptors (Lipinski definition) is 3. The molecule has 3 nitrogen and oxygen atoms in total. The van der Waals surface area contributed by atoms with Gasteiger partial charge in [0.25, 0.3) is 0 Å². The molecule has 0 amide bonds. The molecule has 1 aromatic rings. The molecule has 1 aromatic carbocycles. The smallest absolute Gasteiger partial charge is 0.217 e. The van der Waals surface area contributed by atoms with Crippen molar-refractivity contribution in [1.82, 2.24) is 0 Å². The Balaban J connectivity index is 2.64. The van der Waals surface area contributed by atoms with Crippen LogP contribution in [0.5, 0.6) is 0 Å². The van der Waals surface area contributed by atoms with Crippen LogP contribution in [0.3, 0.4) is 0 Å². The minimum absolute atomic E-state index is 0.518. The van der Waals surface area contributed by atoms with Gasteiger partial charge < -0.3 is 11.5 Å². The van der Waals surface area contributed by atoms with Gasteiger partial charge in [0, 0.05) is 5.69 Å². The summed E-state index contributed by atoms with van der Waals surface area (Å²) in [6, 6.07) is 6.74. The third-order valence-corrected chi connectivity index (χ3v) is 1.59. The number of nitrogens with two attached hydrogens (primary N) is 2. The van der Waals surface area contributed by atoms with Gasteiger partial charge in [-0.25, -0.2) is 0 Å². The second-order valence-electron chi connectivity index (χ2n) is 2.67. The first-order valence-corrected chi connectivity index (χ1v) is 3.70. The third-order valence-electron chi connectivity index (χ3n) is 1.59. The van der Waals surface area contributed by atoms with Crippen LogP contribution in [0.1, 0.15) is 5.56 Å². The normalized spacial score (nSPS) is 12.4. The topological polar surface area (TPSA) is 69.1 Å². The van der Waals surface area contributed by atoms with Gasteiger partial charge in [-0.1, -0.05) is 12.1 Å². The van der Waals surface area contributed by atoms with E-state index < -0.39 is 6.04 Å². The zero-order valence-corrected chi connectivity index (χ0v) is 6.66. The molecule has 12 heavy (non-hydrogen) atoms. The first-order valence-electron chi connectivity index (χ1n) is 3.70. The number of rotatable bonds is 3. The summed E-state index contributed by atoms with van der Waals surface area (Å²) in [5, 5.41) is 0. The molecule has 1 rings (SSSR count). The van der Waals surface area contributed by atoms with E-state index in [1.165, 1.54) is 0 Å². The monoisotopic (exact) mass is 163 g/mol. The zero-order valence-electron chi connectivity index (χ0n) is 6.66. The Hall–Kier alpha value is -1.35. The van der Waals surface area contributed by atoms with Crippen LogP contribution in [-0.2, 0) is 11.2 Å². The van der Waals surface area contributed by atoms with Gasteiger partial charge in [-0.05, 0) is 24.1 Å². The fourth-order valence-electron chi connectivity index (χ4n) is 0.949. The summed E-state index contributed by atoms with van der Waals surface area (Å²) in [5.74, 6) is 0. The number of benzene rings is 1. The zero-order chi connectivity index (χ0) is 8.97. The van der Waals surface area contributed by atoms with Crippen LogP contribution in [-0.4, -0.2) is 12.3 Å². The van der Waals surface area contributed by atoms with Crippen LogP contribution in [0.4, 0.5) is 5.69 Å². The average Bonchev–Trinajstić information content (AvgIpc) is 2.09. The quantitative estimate of drug-likeness (QED) is 0.627. The number of hydrogen-bond donors (Lipinski definition) is 2. The van der Waals surface area contributed by atoms with Gasteiger partial charge >= 0.3 is 0 Å². The molecule has 0 bridgehead atoms. The van der Waals surface area contributed by atoms with E-state index >= 15 is 0 Å². The Kier molecular flexibility index (Phi) is 2.82. The van der Waals surface area contributed by atoms with Crippen LogP contribution in [0.25, 0.3) is 0 Å². The molecule has 0 aliphatic carbocycles. The Bertz CT molecular complexity index is 256. The van der Waals surface area contributed by atoms with E-state index in [0.29, 0.717) is 12.1 Å². The van der Waals surface area contributed by atoms with E-state index in [2.05, 4.69) is 0 Å². The predicted octanol–water partition coefficient (Wildman–Crippen LogP) is 0.248. The van der Waals surface area contributed by atoms with Gasteiger partial charge in [-0.15, -0.1) is 0 Å². The molecule has 0 saturated carbocycles. The number of anilines is 1. The van der Waals surface area contributed by atoms with Crippen LogP contribution in [0.15, 0.2) is 24.3 Å². The molecule has 0 aromatic heterocycles. The maximum atomic E-state index is 10.1. The maximum Gasteiger partial charge on any atom is 0.217 e. The summed E-state index contributed by atoms with van der Waals surface area (Å²) in [6.45, 7) is 0.